The number of carbonyl (C=O) groups excluding carboxylic acids is 1. The Labute approximate surface area is 148 Å². The van der Waals surface area contributed by atoms with Gasteiger partial charge < -0.3 is 15.0 Å². The average Bonchev–Trinajstić information content (AvgIpc) is 2.93. The fraction of sp³-hybridized carbons (Fsp3) is 0.474. The summed E-state index contributed by atoms with van der Waals surface area (Å²) in [5, 5.41) is 7.55. The number of morpholine rings is 1. The number of ether oxygens (including phenoxy) is 1. The maximum Gasteiger partial charge on any atom is 0.250 e. The van der Waals surface area contributed by atoms with Gasteiger partial charge in [0.2, 0.25) is 0 Å². The van der Waals surface area contributed by atoms with Crippen molar-refractivity contribution < 1.29 is 9.53 Å². The van der Waals surface area contributed by atoms with Crippen LogP contribution < -0.4 is 5.32 Å². The average molecular weight is 342 g/mol. The number of nitrogens with one attached hydrogen (secondary N) is 1. The van der Waals surface area contributed by atoms with Crippen molar-refractivity contribution in [1.82, 2.24) is 20.0 Å². The topological polar surface area (TPSA) is 59.4 Å². The molecule has 2 aromatic rings. The third-order valence-corrected chi connectivity index (χ3v) is 4.57. The van der Waals surface area contributed by atoms with E-state index in [1.165, 1.54) is 0 Å². The monoisotopic (exact) mass is 342 g/mol. The first-order chi connectivity index (χ1) is 11.9. The fourth-order valence-electron chi connectivity index (χ4n) is 3.12. The molecule has 134 valence electrons. The first kappa shape index (κ1) is 17.6. The molecule has 0 spiro atoms. The molecule has 3 rings (SSSR count). The fourth-order valence-corrected chi connectivity index (χ4v) is 3.12. The van der Waals surface area contributed by atoms with Gasteiger partial charge in [-0.2, -0.15) is 5.10 Å². The van der Waals surface area contributed by atoms with Gasteiger partial charge in [0, 0.05) is 18.8 Å². The van der Waals surface area contributed by atoms with E-state index in [4.69, 9.17) is 4.74 Å². The number of hydrogen-bond donors (Lipinski definition) is 1. The highest BCUT2D eigenvalue weighted by Crippen LogP contribution is 2.18. The Morgan fingerprint density at radius 1 is 1.32 bits per heavy atom. The van der Waals surface area contributed by atoms with Gasteiger partial charge in [-0.25, -0.2) is 4.68 Å². The Bertz CT molecular complexity index is 738. The zero-order valence-corrected chi connectivity index (χ0v) is 15.3. The van der Waals surface area contributed by atoms with Gasteiger partial charge in [-0.05, 0) is 51.6 Å². The van der Waals surface area contributed by atoms with Crippen LogP contribution in [0.3, 0.4) is 0 Å². The summed E-state index contributed by atoms with van der Waals surface area (Å²) >= 11 is 0. The van der Waals surface area contributed by atoms with Gasteiger partial charge in [0.25, 0.3) is 5.91 Å². The Morgan fingerprint density at radius 2 is 2.04 bits per heavy atom. The summed E-state index contributed by atoms with van der Waals surface area (Å²) in [5.41, 5.74) is 4.18. The van der Waals surface area contributed by atoms with E-state index in [2.05, 4.69) is 21.4 Å². The van der Waals surface area contributed by atoms with Crippen molar-refractivity contribution in [2.75, 3.05) is 26.7 Å². The highest BCUT2D eigenvalue weighted by molar-refractivity contribution is 5.81. The number of aryl methyl sites for hydroxylation is 2. The largest absolute Gasteiger partial charge is 0.366 e. The molecule has 1 saturated heterocycles. The van der Waals surface area contributed by atoms with Crippen LogP contribution in [0.15, 0.2) is 30.3 Å². The summed E-state index contributed by atoms with van der Waals surface area (Å²) in [5.74, 6) is -0.0540. The summed E-state index contributed by atoms with van der Waals surface area (Å²) in [6.45, 7) is 8.11. The lowest BCUT2D eigenvalue weighted by atomic mass is 10.1. The zero-order chi connectivity index (χ0) is 18.0. The second-order valence-corrected chi connectivity index (χ2v) is 6.78. The zero-order valence-electron chi connectivity index (χ0n) is 15.3. The summed E-state index contributed by atoms with van der Waals surface area (Å²) < 4.78 is 7.50. The van der Waals surface area contributed by atoms with Crippen molar-refractivity contribution in [1.29, 1.82) is 0 Å². The maximum absolute atomic E-state index is 12.4. The lowest BCUT2D eigenvalue weighted by Crippen LogP contribution is -2.48. The van der Waals surface area contributed by atoms with E-state index in [0.29, 0.717) is 13.2 Å². The number of likely N-dealkylation sites (N-methyl/N-ethyl adjacent to an activating group) is 1. The molecular formula is C19H26N4O2. The van der Waals surface area contributed by atoms with Gasteiger partial charge in [-0.1, -0.05) is 12.1 Å². The highest BCUT2D eigenvalue weighted by atomic mass is 16.5. The molecule has 1 amide bonds. The molecule has 25 heavy (non-hydrogen) atoms. The number of rotatable bonds is 4. The minimum Gasteiger partial charge on any atom is -0.366 e. The van der Waals surface area contributed by atoms with Crippen LogP contribution in [0.25, 0.3) is 5.69 Å². The third kappa shape index (κ3) is 4.08. The first-order valence-corrected chi connectivity index (χ1v) is 8.68. The molecule has 1 N–H and O–H groups in total. The summed E-state index contributed by atoms with van der Waals surface area (Å²) in [6.07, 6.45) is -0.393. The van der Waals surface area contributed by atoms with Gasteiger partial charge in [0.1, 0.15) is 6.10 Å². The first-order valence-electron chi connectivity index (χ1n) is 8.68. The molecule has 6 heteroatoms. The quantitative estimate of drug-likeness (QED) is 0.923. The SMILES string of the molecule is Cc1cc(C)n(-c2ccc([C@H](C)NC(=O)[C@@H]3CN(C)CCO3)cc2)n1. The molecule has 2 heterocycles. The molecule has 1 aliphatic heterocycles. The van der Waals surface area contributed by atoms with E-state index in [1.54, 1.807) is 0 Å². The van der Waals surface area contributed by atoms with E-state index in [0.717, 1.165) is 29.2 Å². The van der Waals surface area contributed by atoms with Crippen LogP contribution >= 0.6 is 0 Å². The lowest BCUT2D eigenvalue weighted by Gasteiger charge is -2.30. The number of amides is 1. The van der Waals surface area contributed by atoms with Crippen molar-refractivity contribution in [3.8, 4) is 5.69 Å². The number of benzene rings is 1. The molecule has 0 saturated carbocycles. The molecule has 0 aliphatic carbocycles. The molecule has 1 aromatic heterocycles. The summed E-state index contributed by atoms with van der Waals surface area (Å²) in [4.78, 5) is 14.5. The Hall–Kier alpha value is -2.18. The molecule has 6 nitrogen and oxygen atoms in total. The third-order valence-electron chi connectivity index (χ3n) is 4.57. The second-order valence-electron chi connectivity index (χ2n) is 6.78. The van der Waals surface area contributed by atoms with E-state index < -0.39 is 6.10 Å². The minimum absolute atomic E-state index is 0.0540. The minimum atomic E-state index is -0.393. The van der Waals surface area contributed by atoms with Crippen molar-refractivity contribution in [3.05, 3.63) is 47.3 Å². The number of aromatic nitrogens is 2. The number of carbonyl (C=O) groups is 1. The highest BCUT2D eigenvalue weighted by Gasteiger charge is 2.25. The Kier molecular flexibility index (Phi) is 5.20. The van der Waals surface area contributed by atoms with E-state index >= 15 is 0 Å². The molecule has 1 aromatic carbocycles. The van der Waals surface area contributed by atoms with Crippen LogP contribution in [0.5, 0.6) is 0 Å². The van der Waals surface area contributed by atoms with Crippen LogP contribution in [-0.4, -0.2) is 53.4 Å². The van der Waals surface area contributed by atoms with Crippen molar-refractivity contribution in [3.63, 3.8) is 0 Å². The van der Waals surface area contributed by atoms with Gasteiger partial charge >= 0.3 is 0 Å². The van der Waals surface area contributed by atoms with E-state index in [9.17, 15) is 4.79 Å². The molecule has 2 atom stereocenters. The smallest absolute Gasteiger partial charge is 0.250 e. The molecule has 0 bridgehead atoms. The van der Waals surface area contributed by atoms with Crippen LogP contribution in [0.1, 0.15) is 29.9 Å². The van der Waals surface area contributed by atoms with Crippen molar-refractivity contribution in [2.45, 2.75) is 32.9 Å². The van der Waals surface area contributed by atoms with Gasteiger partial charge in [0.15, 0.2) is 0 Å². The van der Waals surface area contributed by atoms with Gasteiger partial charge in [-0.15, -0.1) is 0 Å². The van der Waals surface area contributed by atoms with E-state index in [1.807, 2.05) is 56.8 Å². The van der Waals surface area contributed by atoms with Gasteiger partial charge in [0.05, 0.1) is 24.0 Å². The molecular weight excluding hydrogens is 316 g/mol. The van der Waals surface area contributed by atoms with E-state index in [-0.39, 0.29) is 11.9 Å². The molecule has 1 fully saturated rings. The van der Waals surface area contributed by atoms with Crippen LogP contribution in [-0.2, 0) is 9.53 Å². The molecule has 0 unspecified atom stereocenters. The summed E-state index contributed by atoms with van der Waals surface area (Å²) in [6, 6.07) is 10.1. The predicted molar refractivity (Wildman–Crippen MR) is 96.8 cm³/mol. The summed E-state index contributed by atoms with van der Waals surface area (Å²) in [7, 11) is 2.00. The predicted octanol–water partition coefficient (Wildman–Crippen LogP) is 2.00. The standard InChI is InChI=1S/C19H26N4O2/c1-13-11-14(2)23(21-13)17-7-5-16(6-8-17)15(3)20-19(24)18-12-22(4)9-10-25-18/h5-8,11,15,18H,9-10,12H2,1-4H3,(H,20,24)/t15-,18-/m0/s1. The molecule has 1 aliphatic rings. The van der Waals surface area contributed by atoms with Crippen LogP contribution in [0, 0.1) is 13.8 Å². The van der Waals surface area contributed by atoms with Crippen LogP contribution in [0.4, 0.5) is 0 Å². The Balaban J connectivity index is 1.65. The maximum atomic E-state index is 12.4. The Morgan fingerprint density at radius 3 is 2.64 bits per heavy atom. The van der Waals surface area contributed by atoms with Crippen molar-refractivity contribution >= 4 is 5.91 Å². The van der Waals surface area contributed by atoms with Gasteiger partial charge in [-0.3, -0.25) is 4.79 Å². The lowest BCUT2D eigenvalue weighted by molar-refractivity contribution is -0.138. The normalized spacial score (nSPS) is 19.6. The molecule has 0 radical (unpaired) electrons. The number of hydrogen-bond acceptors (Lipinski definition) is 4. The second kappa shape index (κ2) is 7.37. The number of nitrogens with zero attached hydrogens (tertiary/aromatic N) is 3. The van der Waals surface area contributed by atoms with Crippen LogP contribution in [0.2, 0.25) is 0 Å². The van der Waals surface area contributed by atoms with Crippen molar-refractivity contribution in [2.24, 2.45) is 0 Å².